The van der Waals surface area contributed by atoms with Crippen LogP contribution in [0.15, 0.2) is 35.5 Å². The number of nitrogens with one attached hydrogen (secondary N) is 2. The zero-order valence-electron chi connectivity index (χ0n) is 16.7. The van der Waals surface area contributed by atoms with E-state index in [1.807, 2.05) is 0 Å². The zero-order chi connectivity index (χ0) is 20.8. The Morgan fingerprint density at radius 2 is 1.79 bits per heavy atom. The zero-order valence-corrected chi connectivity index (χ0v) is 16.7. The molecule has 0 spiro atoms. The van der Waals surface area contributed by atoms with Gasteiger partial charge in [-0.1, -0.05) is 25.0 Å². The summed E-state index contributed by atoms with van der Waals surface area (Å²) in [6, 6.07) is 5.80. The summed E-state index contributed by atoms with van der Waals surface area (Å²) in [6.07, 6.45) is 3.64. The standard InChI is InChI=1S/C21H26N2O6/c1-3-28-20(25)17-16(12-29-19(24)14-6-4-5-7-14)22-21(26)23-18(17)13-8-10-15(27-2)11-9-13/h8-11,14,18H,3-7,12H2,1-2H3,(H2,22,23,26)/t18-/m0/s1. The number of rotatable bonds is 7. The molecule has 2 amide bonds. The molecule has 1 aromatic carbocycles. The van der Waals surface area contributed by atoms with Gasteiger partial charge in [-0.15, -0.1) is 0 Å². The highest BCUT2D eigenvalue weighted by Gasteiger charge is 2.34. The van der Waals surface area contributed by atoms with Crippen LogP contribution >= 0.6 is 0 Å². The van der Waals surface area contributed by atoms with E-state index in [1.54, 1.807) is 38.3 Å². The van der Waals surface area contributed by atoms with Gasteiger partial charge in [-0.05, 0) is 37.5 Å². The monoisotopic (exact) mass is 402 g/mol. The molecule has 8 heteroatoms. The maximum atomic E-state index is 12.7. The second kappa shape index (κ2) is 9.45. The van der Waals surface area contributed by atoms with Crippen molar-refractivity contribution in [3.8, 4) is 5.75 Å². The lowest BCUT2D eigenvalue weighted by Crippen LogP contribution is -2.47. The average molecular weight is 402 g/mol. The highest BCUT2D eigenvalue weighted by atomic mass is 16.5. The van der Waals surface area contributed by atoms with Crippen LogP contribution in [0.5, 0.6) is 5.75 Å². The van der Waals surface area contributed by atoms with Gasteiger partial charge in [0.15, 0.2) is 0 Å². The lowest BCUT2D eigenvalue weighted by molar-refractivity contribution is -0.147. The van der Waals surface area contributed by atoms with Crippen molar-refractivity contribution in [3.63, 3.8) is 0 Å². The molecule has 2 N–H and O–H groups in total. The molecule has 0 saturated heterocycles. The first-order chi connectivity index (χ1) is 14.0. The number of ether oxygens (including phenoxy) is 3. The minimum atomic E-state index is -0.728. The number of carbonyl (C=O) groups excluding carboxylic acids is 3. The highest BCUT2D eigenvalue weighted by Crippen LogP contribution is 2.30. The van der Waals surface area contributed by atoms with E-state index in [0.29, 0.717) is 11.3 Å². The van der Waals surface area contributed by atoms with Crippen LogP contribution in [0.1, 0.15) is 44.2 Å². The molecular weight excluding hydrogens is 376 g/mol. The van der Waals surface area contributed by atoms with Gasteiger partial charge >= 0.3 is 18.0 Å². The Bertz CT molecular complexity index is 796. The van der Waals surface area contributed by atoms with E-state index < -0.39 is 18.0 Å². The maximum absolute atomic E-state index is 12.7. The van der Waals surface area contributed by atoms with Crippen molar-refractivity contribution in [1.82, 2.24) is 10.6 Å². The van der Waals surface area contributed by atoms with Gasteiger partial charge in [0.25, 0.3) is 0 Å². The number of hydrogen-bond donors (Lipinski definition) is 2. The van der Waals surface area contributed by atoms with Gasteiger partial charge in [0.1, 0.15) is 12.4 Å². The van der Waals surface area contributed by atoms with Gasteiger partial charge in [-0.25, -0.2) is 9.59 Å². The second-order valence-electron chi connectivity index (χ2n) is 7.01. The molecule has 29 heavy (non-hydrogen) atoms. The van der Waals surface area contributed by atoms with Crippen LogP contribution in [0.3, 0.4) is 0 Å². The van der Waals surface area contributed by atoms with Crippen molar-refractivity contribution in [1.29, 1.82) is 0 Å². The van der Waals surface area contributed by atoms with Crippen LogP contribution in [0, 0.1) is 5.92 Å². The largest absolute Gasteiger partial charge is 0.497 e. The molecule has 1 aliphatic carbocycles. The molecule has 8 nitrogen and oxygen atoms in total. The van der Waals surface area contributed by atoms with E-state index in [0.717, 1.165) is 25.7 Å². The van der Waals surface area contributed by atoms with E-state index in [-0.39, 0.29) is 36.4 Å². The normalized spacial score (nSPS) is 19.4. The molecule has 156 valence electrons. The van der Waals surface area contributed by atoms with Crippen LogP contribution in [0.2, 0.25) is 0 Å². The van der Waals surface area contributed by atoms with Crippen LogP contribution in [0.4, 0.5) is 4.79 Å². The molecule has 0 aromatic heterocycles. The third kappa shape index (κ3) is 4.88. The van der Waals surface area contributed by atoms with Gasteiger partial charge in [0.2, 0.25) is 0 Å². The van der Waals surface area contributed by atoms with Crippen LogP contribution in [-0.4, -0.2) is 38.3 Å². The number of esters is 2. The van der Waals surface area contributed by atoms with E-state index >= 15 is 0 Å². The summed E-state index contributed by atoms with van der Waals surface area (Å²) < 4.78 is 15.8. The fraction of sp³-hybridized carbons (Fsp3) is 0.476. The molecule has 1 heterocycles. The Balaban J connectivity index is 1.88. The predicted molar refractivity (Wildman–Crippen MR) is 104 cm³/mol. The van der Waals surface area contributed by atoms with Gasteiger partial charge in [0.05, 0.1) is 36.9 Å². The molecule has 1 fully saturated rings. The quantitative estimate of drug-likeness (QED) is 0.680. The van der Waals surface area contributed by atoms with E-state index in [4.69, 9.17) is 14.2 Å². The summed E-state index contributed by atoms with van der Waals surface area (Å²) in [6.45, 7) is 1.69. The third-order valence-corrected chi connectivity index (χ3v) is 5.15. The number of methoxy groups -OCH3 is 1. The third-order valence-electron chi connectivity index (χ3n) is 5.15. The Kier molecular flexibility index (Phi) is 6.74. The van der Waals surface area contributed by atoms with E-state index in [9.17, 15) is 14.4 Å². The molecule has 1 saturated carbocycles. The number of urea groups is 1. The Labute approximate surface area is 169 Å². The first-order valence-electron chi connectivity index (χ1n) is 9.81. The highest BCUT2D eigenvalue weighted by molar-refractivity contribution is 5.95. The van der Waals surface area contributed by atoms with Gasteiger partial charge in [-0.2, -0.15) is 0 Å². The molecule has 1 atom stereocenters. The SMILES string of the molecule is CCOC(=O)C1=C(COC(=O)C2CCCC2)NC(=O)N[C@H]1c1ccc(OC)cc1. The Hall–Kier alpha value is -3.03. The molecule has 0 bridgehead atoms. The van der Waals surface area contributed by atoms with Crippen LogP contribution < -0.4 is 15.4 Å². The van der Waals surface area contributed by atoms with E-state index in [1.165, 1.54) is 0 Å². The van der Waals surface area contributed by atoms with E-state index in [2.05, 4.69) is 10.6 Å². The Morgan fingerprint density at radius 1 is 1.10 bits per heavy atom. The minimum absolute atomic E-state index is 0.114. The molecule has 2 aliphatic rings. The summed E-state index contributed by atoms with van der Waals surface area (Å²) in [5.41, 5.74) is 1.14. The number of carbonyl (C=O) groups is 3. The molecule has 0 radical (unpaired) electrons. The fourth-order valence-electron chi connectivity index (χ4n) is 3.65. The summed E-state index contributed by atoms with van der Waals surface area (Å²) in [7, 11) is 1.56. The fourth-order valence-corrected chi connectivity index (χ4v) is 3.65. The minimum Gasteiger partial charge on any atom is -0.497 e. The smallest absolute Gasteiger partial charge is 0.338 e. The van der Waals surface area contributed by atoms with Gasteiger partial charge in [-0.3, -0.25) is 4.79 Å². The van der Waals surface area contributed by atoms with Crippen LogP contribution in [0.25, 0.3) is 0 Å². The summed E-state index contributed by atoms with van der Waals surface area (Å²) in [5, 5.41) is 5.34. The van der Waals surface area contributed by atoms with Gasteiger partial charge < -0.3 is 24.8 Å². The molecule has 3 rings (SSSR count). The molecule has 1 aromatic rings. The van der Waals surface area contributed by atoms with Gasteiger partial charge in [0, 0.05) is 0 Å². The number of benzene rings is 1. The van der Waals surface area contributed by atoms with Crippen molar-refractivity contribution >= 4 is 18.0 Å². The molecular formula is C21H26N2O6. The van der Waals surface area contributed by atoms with Crippen molar-refractivity contribution in [2.75, 3.05) is 20.3 Å². The summed E-state index contributed by atoms with van der Waals surface area (Å²) in [4.78, 5) is 37.2. The second-order valence-corrected chi connectivity index (χ2v) is 7.01. The van der Waals surface area contributed by atoms with Crippen molar-refractivity contribution in [2.45, 2.75) is 38.6 Å². The number of amides is 2. The first kappa shape index (κ1) is 20.7. The Morgan fingerprint density at radius 3 is 2.41 bits per heavy atom. The van der Waals surface area contributed by atoms with Crippen molar-refractivity contribution < 1.29 is 28.6 Å². The molecule has 0 unspecified atom stereocenters. The lowest BCUT2D eigenvalue weighted by Gasteiger charge is -2.29. The number of hydrogen-bond acceptors (Lipinski definition) is 6. The van der Waals surface area contributed by atoms with Crippen molar-refractivity contribution in [3.05, 3.63) is 41.1 Å². The predicted octanol–water partition coefficient (Wildman–Crippen LogP) is 2.60. The van der Waals surface area contributed by atoms with Crippen molar-refractivity contribution in [2.24, 2.45) is 5.92 Å². The first-order valence-corrected chi connectivity index (χ1v) is 9.81. The molecule has 1 aliphatic heterocycles. The topological polar surface area (TPSA) is 103 Å². The maximum Gasteiger partial charge on any atom is 0.338 e. The summed E-state index contributed by atoms with van der Waals surface area (Å²) >= 11 is 0. The lowest BCUT2D eigenvalue weighted by atomic mass is 9.95. The average Bonchev–Trinajstić information content (AvgIpc) is 3.26. The summed E-state index contributed by atoms with van der Waals surface area (Å²) in [5.74, 6) is -0.336. The van der Waals surface area contributed by atoms with Crippen LogP contribution in [-0.2, 0) is 19.1 Å².